The number of hydrogen-bond acceptors (Lipinski definition) is 3. The average Bonchev–Trinajstić information content (AvgIpc) is 2.80. The summed E-state index contributed by atoms with van der Waals surface area (Å²) in [6.07, 6.45) is 7.61. The van der Waals surface area contributed by atoms with E-state index in [0.717, 1.165) is 32.2 Å². The van der Waals surface area contributed by atoms with Crippen LogP contribution in [0.15, 0.2) is 24.3 Å². The van der Waals surface area contributed by atoms with Gasteiger partial charge in [0, 0.05) is 21.4 Å². The fourth-order valence-corrected chi connectivity index (χ4v) is 6.13. The summed E-state index contributed by atoms with van der Waals surface area (Å²) in [6.45, 7) is 13.5. The number of nitrogens with one attached hydrogen (secondary N) is 1. The summed E-state index contributed by atoms with van der Waals surface area (Å²) in [5.41, 5.74) is 3.43. The molecular weight excluding hydrogens is 410 g/mol. The second-order valence-corrected chi connectivity index (χ2v) is 11.9. The summed E-state index contributed by atoms with van der Waals surface area (Å²) < 4.78 is 0. The monoisotopic (exact) mass is 455 g/mol. The van der Waals surface area contributed by atoms with Crippen LogP contribution in [0, 0.1) is 11.3 Å². The van der Waals surface area contributed by atoms with Crippen LogP contribution in [0.25, 0.3) is 0 Å². The molecule has 2 atom stereocenters. The molecule has 2 fully saturated rings. The molecule has 1 aromatic rings. The van der Waals surface area contributed by atoms with Gasteiger partial charge < -0.3 is 15.1 Å². The number of benzene rings is 1. The Morgan fingerprint density at radius 2 is 1.82 bits per heavy atom. The first kappa shape index (κ1) is 24.3. The highest BCUT2D eigenvalue weighted by Gasteiger charge is 2.42. The van der Waals surface area contributed by atoms with Gasteiger partial charge in [-0.1, -0.05) is 45.0 Å². The molecule has 5 heteroatoms. The lowest BCUT2D eigenvalue weighted by Crippen LogP contribution is -2.48. The molecule has 0 aromatic heterocycles. The fraction of sp³-hybridized carbons (Fsp3) is 0.714. The van der Waals surface area contributed by atoms with Crippen molar-refractivity contribution in [3.63, 3.8) is 0 Å². The lowest BCUT2D eigenvalue weighted by atomic mass is 9.63. The first-order valence-electron chi connectivity index (χ1n) is 13.0. The van der Waals surface area contributed by atoms with E-state index >= 15 is 0 Å². The number of fused-ring (bicyclic) bond motifs is 2. The van der Waals surface area contributed by atoms with E-state index in [9.17, 15) is 9.59 Å². The van der Waals surface area contributed by atoms with Crippen LogP contribution in [0.1, 0.15) is 91.2 Å². The number of hydrogen-bond donors (Lipinski definition) is 1. The van der Waals surface area contributed by atoms with Crippen LogP contribution in [0.2, 0.25) is 0 Å². The van der Waals surface area contributed by atoms with Crippen LogP contribution >= 0.6 is 0 Å². The van der Waals surface area contributed by atoms with E-state index in [-0.39, 0.29) is 30.6 Å². The minimum absolute atomic E-state index is 0. The van der Waals surface area contributed by atoms with Gasteiger partial charge in [0.25, 0.3) is 0 Å². The topological polar surface area (TPSA) is 52.7 Å². The Kier molecular flexibility index (Phi) is 7.18. The van der Waals surface area contributed by atoms with Crippen molar-refractivity contribution in [3.05, 3.63) is 35.4 Å². The molecule has 1 spiro atoms. The molecule has 2 heterocycles. The minimum Gasteiger partial charge on any atom is -0.349 e. The summed E-state index contributed by atoms with van der Waals surface area (Å²) in [7, 11) is 0. The third-order valence-electron chi connectivity index (χ3n) is 8.36. The molecule has 0 bridgehead atoms. The molecule has 1 aliphatic carbocycles. The minimum atomic E-state index is -0.0863. The molecular formula is C28H45N3O2. The molecule has 5 nitrogen and oxygen atoms in total. The van der Waals surface area contributed by atoms with E-state index in [0.29, 0.717) is 12.0 Å². The summed E-state index contributed by atoms with van der Waals surface area (Å²) in [5.74, 6) is 0.108. The van der Waals surface area contributed by atoms with Gasteiger partial charge in [0.2, 0.25) is 11.8 Å². The first-order valence-corrected chi connectivity index (χ1v) is 13.0. The quantitative estimate of drug-likeness (QED) is 0.702. The van der Waals surface area contributed by atoms with Crippen molar-refractivity contribution in [1.82, 2.24) is 15.1 Å². The molecule has 184 valence electrons. The predicted molar refractivity (Wildman–Crippen MR) is 135 cm³/mol. The molecule has 3 aliphatic rings. The third-order valence-corrected chi connectivity index (χ3v) is 8.36. The van der Waals surface area contributed by atoms with Gasteiger partial charge >= 0.3 is 0 Å². The van der Waals surface area contributed by atoms with Crippen LogP contribution in [0.4, 0.5) is 0 Å². The summed E-state index contributed by atoms with van der Waals surface area (Å²) >= 11 is 0. The molecule has 1 unspecified atom stereocenters. The van der Waals surface area contributed by atoms with Gasteiger partial charge in [0.05, 0.1) is 12.0 Å². The van der Waals surface area contributed by atoms with E-state index in [2.05, 4.69) is 55.3 Å². The van der Waals surface area contributed by atoms with Crippen LogP contribution in [-0.2, 0) is 15.0 Å². The largest absolute Gasteiger partial charge is 0.349 e. The molecule has 2 amide bonds. The van der Waals surface area contributed by atoms with Crippen LogP contribution in [0.5, 0.6) is 0 Å². The Bertz CT molecular complexity index is 857. The van der Waals surface area contributed by atoms with E-state index in [1.807, 2.05) is 4.90 Å². The molecule has 0 radical (unpaired) electrons. The van der Waals surface area contributed by atoms with Gasteiger partial charge in [-0.2, -0.15) is 0 Å². The number of amides is 2. The Labute approximate surface area is 201 Å². The van der Waals surface area contributed by atoms with Gasteiger partial charge in [-0.25, -0.2) is 0 Å². The number of rotatable bonds is 4. The smallest absolute Gasteiger partial charge is 0.225 e. The standard InChI is InChI=1S/C28H43N3O2.H2/c1-21(32)31-16-7-8-22(20-31)26(33)29-25-11-12-28(24-10-6-5-9-23(24)25)14-18-30(19-15-28)17-13-27(2,3)4;/h5-6,9-10,22,25H,7-8,11-20H2,1-4H3,(H,29,33);1H/t22?,25-;/m1./s1. The molecule has 4 rings (SSSR count). The zero-order valence-corrected chi connectivity index (χ0v) is 21.2. The van der Waals surface area contributed by atoms with Gasteiger partial charge in [0.15, 0.2) is 0 Å². The zero-order valence-electron chi connectivity index (χ0n) is 21.2. The first-order chi connectivity index (χ1) is 15.7. The van der Waals surface area contributed by atoms with Gasteiger partial charge in [-0.3, -0.25) is 9.59 Å². The molecule has 0 saturated carbocycles. The van der Waals surface area contributed by atoms with E-state index in [1.54, 1.807) is 6.92 Å². The summed E-state index contributed by atoms with van der Waals surface area (Å²) in [5, 5.41) is 3.38. The highest BCUT2D eigenvalue weighted by molar-refractivity contribution is 5.81. The Balaban J connectivity index is 0.00000324. The number of likely N-dealkylation sites (tertiary alicyclic amines) is 2. The third kappa shape index (κ3) is 5.62. The Morgan fingerprint density at radius 1 is 1.09 bits per heavy atom. The molecule has 33 heavy (non-hydrogen) atoms. The van der Waals surface area contributed by atoms with Crippen molar-refractivity contribution in [2.75, 3.05) is 32.7 Å². The van der Waals surface area contributed by atoms with Gasteiger partial charge in [0.1, 0.15) is 0 Å². The Morgan fingerprint density at radius 3 is 2.52 bits per heavy atom. The van der Waals surface area contributed by atoms with E-state index in [1.165, 1.54) is 50.0 Å². The van der Waals surface area contributed by atoms with E-state index < -0.39 is 0 Å². The van der Waals surface area contributed by atoms with Crippen molar-refractivity contribution < 1.29 is 11.0 Å². The molecule has 2 aliphatic heterocycles. The maximum atomic E-state index is 13.2. The Hall–Kier alpha value is -1.88. The molecule has 2 saturated heterocycles. The van der Waals surface area contributed by atoms with Crippen molar-refractivity contribution in [1.29, 1.82) is 0 Å². The van der Waals surface area contributed by atoms with Crippen molar-refractivity contribution in [2.24, 2.45) is 11.3 Å². The zero-order chi connectivity index (χ0) is 23.6. The maximum absolute atomic E-state index is 13.2. The average molecular weight is 456 g/mol. The number of nitrogens with zero attached hydrogens (tertiary/aromatic N) is 2. The van der Waals surface area contributed by atoms with Gasteiger partial charge in [-0.15, -0.1) is 0 Å². The van der Waals surface area contributed by atoms with Crippen molar-refractivity contribution in [2.45, 2.75) is 84.1 Å². The van der Waals surface area contributed by atoms with Crippen LogP contribution < -0.4 is 5.32 Å². The normalized spacial score (nSPS) is 25.5. The summed E-state index contributed by atoms with van der Waals surface area (Å²) in [4.78, 5) is 29.4. The summed E-state index contributed by atoms with van der Waals surface area (Å²) in [6, 6.07) is 8.92. The highest BCUT2D eigenvalue weighted by Crippen LogP contribution is 2.48. The number of carbonyl (C=O) groups is 2. The fourth-order valence-electron chi connectivity index (χ4n) is 6.13. The van der Waals surface area contributed by atoms with Crippen LogP contribution in [-0.4, -0.2) is 54.3 Å². The predicted octanol–water partition coefficient (Wildman–Crippen LogP) is 4.91. The van der Waals surface area contributed by atoms with E-state index in [4.69, 9.17) is 0 Å². The molecule has 1 aromatic carbocycles. The lowest BCUT2D eigenvalue weighted by Gasteiger charge is -2.47. The lowest BCUT2D eigenvalue weighted by molar-refractivity contribution is -0.134. The van der Waals surface area contributed by atoms with Crippen LogP contribution in [0.3, 0.4) is 0 Å². The number of carbonyl (C=O) groups excluding carboxylic acids is 2. The maximum Gasteiger partial charge on any atom is 0.225 e. The van der Waals surface area contributed by atoms with Crippen molar-refractivity contribution in [3.8, 4) is 0 Å². The second kappa shape index (κ2) is 9.77. The molecule has 1 N–H and O–H groups in total. The van der Waals surface area contributed by atoms with Crippen molar-refractivity contribution >= 4 is 11.8 Å². The highest BCUT2D eigenvalue weighted by atomic mass is 16.2. The second-order valence-electron chi connectivity index (χ2n) is 11.9. The number of piperidine rings is 2. The SMILES string of the molecule is CC(=O)N1CCCC(C(=O)N[C@@H]2CCC3(CCN(CCC(C)(C)C)CC3)c3ccccc32)C1.[HH]. The van der Waals surface area contributed by atoms with Gasteiger partial charge in [-0.05, 0) is 86.5 Å².